The number of H-pyrrole nitrogens is 1. The molecule has 0 radical (unpaired) electrons. The summed E-state index contributed by atoms with van der Waals surface area (Å²) in [5.41, 5.74) is 0. The summed E-state index contributed by atoms with van der Waals surface area (Å²) in [7, 11) is 0. The van der Waals surface area contributed by atoms with Crippen LogP contribution in [0.15, 0.2) is 11.2 Å². The number of imidazole rings is 1. The summed E-state index contributed by atoms with van der Waals surface area (Å²) >= 11 is 0. The van der Waals surface area contributed by atoms with Crippen LogP contribution >= 0.6 is 0 Å². The molecule has 0 unspecified atom stereocenters. The van der Waals surface area contributed by atoms with Gasteiger partial charge in [0.15, 0.2) is 0 Å². The van der Waals surface area contributed by atoms with Crippen LogP contribution in [0.5, 0.6) is 0 Å². The van der Waals surface area contributed by atoms with Gasteiger partial charge in [-0.1, -0.05) is 0 Å². The van der Waals surface area contributed by atoms with E-state index in [-0.39, 0.29) is 0 Å². The van der Waals surface area contributed by atoms with Crippen molar-refractivity contribution in [2.45, 2.75) is 6.92 Å². The smallest absolute Gasteiger partial charge is 0.149 e. The second-order valence-corrected chi connectivity index (χ2v) is 1.51. The second-order valence-electron chi connectivity index (χ2n) is 1.51. The minimum atomic E-state index is 0.725. The molecule has 1 N–H and O–H groups in total. The molecule has 0 atom stereocenters. The van der Waals surface area contributed by atoms with Gasteiger partial charge in [0.2, 0.25) is 0 Å². The van der Waals surface area contributed by atoms with Crippen LogP contribution < -0.4 is 0 Å². The third-order valence-electron chi connectivity index (χ3n) is 0.860. The Labute approximate surface area is 47.5 Å². The van der Waals surface area contributed by atoms with Crippen molar-refractivity contribution in [1.29, 1.82) is 0 Å². The topological polar surface area (TPSA) is 41.0 Å². The van der Waals surface area contributed by atoms with E-state index in [0.29, 0.717) is 0 Å². The van der Waals surface area contributed by atoms with Gasteiger partial charge in [-0.05, 0) is 13.6 Å². The number of nitrogens with one attached hydrogen (secondary N) is 1. The summed E-state index contributed by atoms with van der Waals surface area (Å²) in [5, 5.41) is 0. The zero-order valence-corrected chi connectivity index (χ0v) is 4.68. The number of aromatic amines is 1. The highest BCUT2D eigenvalue weighted by Gasteiger charge is 1.87. The van der Waals surface area contributed by atoms with Crippen molar-refractivity contribution in [2.24, 2.45) is 4.99 Å². The van der Waals surface area contributed by atoms with Gasteiger partial charge in [0.05, 0.1) is 6.20 Å². The van der Waals surface area contributed by atoms with Crippen molar-refractivity contribution >= 4 is 12.5 Å². The molecule has 0 saturated carbocycles. The van der Waals surface area contributed by atoms with Crippen molar-refractivity contribution < 1.29 is 0 Å². The van der Waals surface area contributed by atoms with E-state index >= 15 is 0 Å². The van der Waals surface area contributed by atoms with Crippen LogP contribution in [-0.4, -0.2) is 16.7 Å². The van der Waals surface area contributed by atoms with Crippen LogP contribution in [0, 0.1) is 6.92 Å². The third-order valence-corrected chi connectivity index (χ3v) is 0.860. The standard InChI is InChI=1S/C5H7N3/c1-4-7-3-5(6-2)8-4/h3H,2H2,1H3,(H,7,8). The number of aryl methyl sites for hydroxylation is 1. The van der Waals surface area contributed by atoms with Crippen molar-refractivity contribution in [1.82, 2.24) is 9.97 Å². The molecule has 0 aromatic carbocycles. The van der Waals surface area contributed by atoms with Gasteiger partial charge in [-0.15, -0.1) is 0 Å². The van der Waals surface area contributed by atoms with Crippen LogP contribution in [0.3, 0.4) is 0 Å². The predicted octanol–water partition coefficient (Wildman–Crippen LogP) is 1.05. The maximum Gasteiger partial charge on any atom is 0.149 e. The fourth-order valence-corrected chi connectivity index (χ4v) is 0.488. The number of hydrogen-bond acceptors (Lipinski definition) is 2. The summed E-state index contributed by atoms with van der Waals surface area (Å²) in [6.45, 7) is 5.19. The van der Waals surface area contributed by atoms with Crippen molar-refractivity contribution in [3.63, 3.8) is 0 Å². The Balaban J connectivity index is 3.00. The number of aromatic nitrogens is 2. The minimum absolute atomic E-state index is 0.725. The summed E-state index contributed by atoms with van der Waals surface area (Å²) in [6, 6.07) is 0. The first-order chi connectivity index (χ1) is 3.83. The molecule has 1 rings (SSSR count). The maximum atomic E-state index is 3.90. The van der Waals surface area contributed by atoms with Crippen molar-refractivity contribution in [3.8, 4) is 0 Å². The van der Waals surface area contributed by atoms with Gasteiger partial charge in [-0.3, -0.25) is 0 Å². The molecule has 1 heterocycles. The summed E-state index contributed by atoms with van der Waals surface area (Å²) in [5.74, 6) is 1.59. The molecule has 0 aliphatic rings. The van der Waals surface area contributed by atoms with Crippen molar-refractivity contribution in [2.75, 3.05) is 0 Å². The van der Waals surface area contributed by atoms with Gasteiger partial charge in [0.1, 0.15) is 11.6 Å². The molecular formula is C5H7N3. The van der Waals surface area contributed by atoms with Gasteiger partial charge >= 0.3 is 0 Å². The largest absolute Gasteiger partial charge is 0.327 e. The molecule has 1 aromatic heterocycles. The lowest BCUT2D eigenvalue weighted by Crippen LogP contribution is -1.68. The molecule has 0 saturated heterocycles. The molecule has 3 heteroatoms. The Kier molecular flexibility index (Phi) is 1.12. The fraction of sp³-hybridized carbons (Fsp3) is 0.200. The Bertz CT molecular complexity index is 189. The lowest BCUT2D eigenvalue weighted by molar-refractivity contribution is 1.15. The van der Waals surface area contributed by atoms with E-state index < -0.39 is 0 Å². The normalized spacial score (nSPS) is 9.12. The minimum Gasteiger partial charge on any atom is -0.327 e. The van der Waals surface area contributed by atoms with Crippen LogP contribution in [0.1, 0.15) is 5.82 Å². The molecule has 1 aromatic rings. The second kappa shape index (κ2) is 1.78. The number of hydrogen-bond donors (Lipinski definition) is 1. The molecular weight excluding hydrogens is 102 g/mol. The average molecular weight is 109 g/mol. The SMILES string of the molecule is C=Nc1cnc(C)[nH]1. The maximum absolute atomic E-state index is 3.90. The Morgan fingerprint density at radius 3 is 2.88 bits per heavy atom. The highest BCUT2D eigenvalue weighted by atomic mass is 15.0. The quantitative estimate of drug-likeness (QED) is 0.538. The summed E-state index contributed by atoms with van der Waals surface area (Å²) < 4.78 is 0. The lowest BCUT2D eigenvalue weighted by Gasteiger charge is -1.76. The van der Waals surface area contributed by atoms with E-state index in [4.69, 9.17) is 0 Å². The Morgan fingerprint density at radius 2 is 2.62 bits per heavy atom. The first kappa shape index (κ1) is 5.03. The Hall–Kier alpha value is -1.12. The van der Waals surface area contributed by atoms with Gasteiger partial charge in [-0.25, -0.2) is 9.98 Å². The monoisotopic (exact) mass is 109 g/mol. The highest BCUT2D eigenvalue weighted by Crippen LogP contribution is 2.03. The van der Waals surface area contributed by atoms with Crippen LogP contribution in [0.25, 0.3) is 0 Å². The van der Waals surface area contributed by atoms with Crippen LogP contribution in [-0.2, 0) is 0 Å². The lowest BCUT2D eigenvalue weighted by atomic mass is 10.7. The van der Waals surface area contributed by atoms with Gasteiger partial charge in [0, 0.05) is 0 Å². The molecule has 3 nitrogen and oxygen atoms in total. The fourth-order valence-electron chi connectivity index (χ4n) is 0.488. The van der Waals surface area contributed by atoms with Crippen molar-refractivity contribution in [3.05, 3.63) is 12.0 Å². The van der Waals surface area contributed by atoms with E-state index in [9.17, 15) is 0 Å². The summed E-state index contributed by atoms with van der Waals surface area (Å²) in [4.78, 5) is 10.4. The molecule has 0 aliphatic carbocycles. The van der Waals surface area contributed by atoms with E-state index in [2.05, 4.69) is 21.7 Å². The number of rotatable bonds is 1. The molecule has 0 amide bonds. The van der Waals surface area contributed by atoms with E-state index in [1.54, 1.807) is 6.20 Å². The predicted molar refractivity (Wildman–Crippen MR) is 32.5 cm³/mol. The summed E-state index contributed by atoms with van der Waals surface area (Å²) in [6.07, 6.45) is 1.64. The first-order valence-electron chi connectivity index (χ1n) is 2.31. The molecule has 0 aliphatic heterocycles. The van der Waals surface area contributed by atoms with Gasteiger partial charge in [-0.2, -0.15) is 0 Å². The number of nitrogens with zero attached hydrogens (tertiary/aromatic N) is 2. The molecule has 8 heavy (non-hydrogen) atoms. The molecule has 0 fully saturated rings. The van der Waals surface area contributed by atoms with Gasteiger partial charge in [0.25, 0.3) is 0 Å². The van der Waals surface area contributed by atoms with Gasteiger partial charge < -0.3 is 4.98 Å². The zero-order valence-electron chi connectivity index (χ0n) is 4.68. The molecule has 0 bridgehead atoms. The Morgan fingerprint density at radius 1 is 1.88 bits per heavy atom. The molecule has 42 valence electrons. The first-order valence-corrected chi connectivity index (χ1v) is 2.31. The van der Waals surface area contributed by atoms with Crippen LogP contribution in [0.4, 0.5) is 5.82 Å². The van der Waals surface area contributed by atoms with Crippen LogP contribution in [0.2, 0.25) is 0 Å². The average Bonchev–Trinajstić information content (AvgIpc) is 2.14. The van der Waals surface area contributed by atoms with E-state index in [1.165, 1.54) is 0 Å². The molecule has 0 spiro atoms. The highest BCUT2D eigenvalue weighted by molar-refractivity contribution is 5.37. The zero-order chi connectivity index (χ0) is 5.98. The third kappa shape index (κ3) is 0.753. The van der Waals surface area contributed by atoms with E-state index in [1.807, 2.05) is 6.92 Å². The number of aliphatic imine (C=N–C) groups is 1. The van der Waals surface area contributed by atoms with E-state index in [0.717, 1.165) is 11.6 Å².